The van der Waals surface area contributed by atoms with Gasteiger partial charge in [-0.3, -0.25) is 23.9 Å². The Kier molecular flexibility index (Phi) is 12.3. The van der Waals surface area contributed by atoms with Crippen LogP contribution in [0.3, 0.4) is 0 Å². The lowest BCUT2D eigenvalue weighted by molar-refractivity contribution is -0.134. The molecule has 3 aromatic rings. The van der Waals surface area contributed by atoms with E-state index in [1.807, 2.05) is 36.6 Å². The fourth-order valence-electron chi connectivity index (χ4n) is 4.67. The van der Waals surface area contributed by atoms with Gasteiger partial charge >= 0.3 is 0 Å². The molecule has 0 saturated carbocycles. The highest BCUT2D eigenvalue weighted by atomic mass is 32.2. The lowest BCUT2D eigenvalue weighted by Gasteiger charge is -2.27. The number of aliphatic hydroxyl groups excluding tert-OH is 1. The van der Waals surface area contributed by atoms with E-state index in [4.69, 9.17) is 4.74 Å². The van der Waals surface area contributed by atoms with Gasteiger partial charge in [0, 0.05) is 24.9 Å². The van der Waals surface area contributed by atoms with Crippen LogP contribution in [0, 0.1) is 0 Å². The van der Waals surface area contributed by atoms with Crippen molar-refractivity contribution >= 4 is 35.4 Å². The zero-order chi connectivity index (χ0) is 32.2. The molecule has 14 heteroatoms. The van der Waals surface area contributed by atoms with Crippen molar-refractivity contribution in [2.24, 2.45) is 0 Å². The molecule has 2 aliphatic heterocycles. The predicted molar refractivity (Wildman–Crippen MR) is 168 cm³/mol. The number of thioether (sulfide) groups is 1. The van der Waals surface area contributed by atoms with Gasteiger partial charge in [-0.25, -0.2) is 0 Å². The van der Waals surface area contributed by atoms with E-state index in [9.17, 15) is 24.3 Å². The van der Waals surface area contributed by atoms with Crippen molar-refractivity contribution in [3.63, 3.8) is 0 Å². The Bertz CT molecular complexity index is 1430. The monoisotopic (exact) mass is 637 g/mol. The van der Waals surface area contributed by atoms with E-state index in [0.29, 0.717) is 42.3 Å². The molecule has 3 heterocycles. The first-order chi connectivity index (χ1) is 21.7. The van der Waals surface area contributed by atoms with Gasteiger partial charge < -0.3 is 31.1 Å². The van der Waals surface area contributed by atoms with Crippen LogP contribution in [0.1, 0.15) is 41.4 Å². The normalized spacial score (nSPS) is 21.1. The molecule has 0 fully saturated rings. The van der Waals surface area contributed by atoms with Crippen LogP contribution < -0.4 is 26.0 Å². The lowest BCUT2D eigenvalue weighted by atomic mass is 10.0. The highest BCUT2D eigenvalue weighted by Crippen LogP contribution is 2.14. The van der Waals surface area contributed by atoms with Crippen LogP contribution in [0.15, 0.2) is 60.8 Å². The summed E-state index contributed by atoms with van der Waals surface area (Å²) in [6.45, 7) is 2.38. The number of amides is 4. The molecule has 0 saturated heterocycles. The second-order valence-electron chi connectivity index (χ2n) is 10.7. The van der Waals surface area contributed by atoms with Gasteiger partial charge in [-0.15, -0.1) is 5.10 Å². The molecule has 0 aliphatic carbocycles. The summed E-state index contributed by atoms with van der Waals surface area (Å²) < 4.78 is 7.45. The van der Waals surface area contributed by atoms with E-state index in [-0.39, 0.29) is 19.4 Å². The maximum atomic E-state index is 13.5. The second-order valence-corrected chi connectivity index (χ2v) is 11.7. The summed E-state index contributed by atoms with van der Waals surface area (Å²) in [5, 5.41) is 29.6. The van der Waals surface area contributed by atoms with Gasteiger partial charge in [-0.1, -0.05) is 35.5 Å². The van der Waals surface area contributed by atoms with Crippen molar-refractivity contribution in [2.75, 3.05) is 18.6 Å². The van der Waals surface area contributed by atoms with E-state index in [2.05, 4.69) is 31.6 Å². The minimum Gasteiger partial charge on any atom is -0.494 e. The molecular formula is C31H39N7O6S. The summed E-state index contributed by atoms with van der Waals surface area (Å²) >= 11 is 1.50. The molecule has 45 heavy (non-hydrogen) atoms. The second kappa shape index (κ2) is 16.6. The molecule has 5 N–H and O–H groups in total. The number of aromatic nitrogens is 3. The van der Waals surface area contributed by atoms with Crippen molar-refractivity contribution < 1.29 is 29.0 Å². The minimum absolute atomic E-state index is 0.0796. The van der Waals surface area contributed by atoms with E-state index in [1.165, 1.54) is 18.7 Å². The third kappa shape index (κ3) is 10.0. The predicted octanol–water partition coefficient (Wildman–Crippen LogP) is 0.822. The molecular weight excluding hydrogens is 598 g/mol. The fourth-order valence-corrected chi connectivity index (χ4v) is 5.15. The molecule has 0 spiro atoms. The number of benzene rings is 2. The van der Waals surface area contributed by atoms with E-state index in [1.54, 1.807) is 35.1 Å². The number of carbonyl (C=O) groups is 4. The highest BCUT2D eigenvalue weighted by Gasteiger charge is 2.32. The van der Waals surface area contributed by atoms with Crippen LogP contribution in [0.5, 0.6) is 5.75 Å². The molecule has 4 amide bonds. The summed E-state index contributed by atoms with van der Waals surface area (Å²) in [7, 11) is 0. The van der Waals surface area contributed by atoms with Crippen molar-refractivity contribution in [2.45, 2.75) is 63.5 Å². The molecule has 4 bridgehead atoms. The largest absolute Gasteiger partial charge is 0.494 e. The molecule has 0 unspecified atom stereocenters. The Morgan fingerprint density at radius 1 is 0.978 bits per heavy atom. The van der Waals surface area contributed by atoms with Gasteiger partial charge in [-0.05, 0) is 55.2 Å². The van der Waals surface area contributed by atoms with Gasteiger partial charge in [-0.2, -0.15) is 11.8 Å². The Morgan fingerprint density at radius 3 is 2.44 bits per heavy atom. The number of aliphatic hydroxyl groups is 1. The van der Waals surface area contributed by atoms with E-state index < -0.39 is 47.9 Å². The number of fused-ring (bicyclic) bond motifs is 16. The number of ether oxygens (including phenoxy) is 1. The molecule has 2 aromatic carbocycles. The maximum absolute atomic E-state index is 13.5. The minimum atomic E-state index is -1.39. The summed E-state index contributed by atoms with van der Waals surface area (Å²) in [5.41, 5.74) is 1.66. The summed E-state index contributed by atoms with van der Waals surface area (Å²) in [6.07, 6.45) is 3.39. The SMILES string of the molecule is CSCC[C@H]1NC(=O)c2ccc(cc2)OCCCn2cc(nn2)CNC(=O)[C@@H](Cc2ccccc2)NC(=O)[C@H]([C@@H](C)O)NC1=O. The quantitative estimate of drug-likeness (QED) is 0.245. The third-order valence-corrected chi connectivity index (χ3v) is 7.80. The highest BCUT2D eigenvalue weighted by molar-refractivity contribution is 7.98. The molecule has 5 rings (SSSR count). The van der Waals surface area contributed by atoms with E-state index in [0.717, 1.165) is 5.56 Å². The fraction of sp³-hybridized carbons (Fsp3) is 0.419. The van der Waals surface area contributed by atoms with Gasteiger partial charge in [0.05, 0.1) is 25.5 Å². The Hall–Kier alpha value is -4.43. The third-order valence-electron chi connectivity index (χ3n) is 7.16. The van der Waals surface area contributed by atoms with Gasteiger partial charge in [0.15, 0.2) is 0 Å². The number of nitrogens with zero attached hydrogens (tertiary/aromatic N) is 3. The van der Waals surface area contributed by atoms with Crippen molar-refractivity contribution in [3.8, 4) is 5.75 Å². The van der Waals surface area contributed by atoms with Crippen LogP contribution in [-0.2, 0) is 33.9 Å². The van der Waals surface area contributed by atoms with Gasteiger partial charge in [0.1, 0.15) is 29.6 Å². The molecule has 240 valence electrons. The first-order valence-electron chi connectivity index (χ1n) is 14.8. The Labute approximate surface area is 265 Å². The number of rotatable bonds is 6. The average molecular weight is 638 g/mol. The standard InChI is InChI=1S/C31H39N7O6S/c1-20(39)27-31(43)34-26(17-21-7-4-3-5-8-21)29(41)32-18-23-19-38(37-36-23)14-6-15-44-24-11-9-22(10-12-24)28(40)33-25(13-16-45-2)30(42)35-27/h3-5,7-12,19-20,25-27,39H,6,13-18H2,1-2H3,(H,32,41)(H,33,40)(H,34,43)(H,35,42)/t20-,25-,26-,27+/m1/s1. The Morgan fingerprint density at radius 2 is 1.73 bits per heavy atom. The number of carbonyl (C=O) groups excluding carboxylic acids is 4. The average Bonchev–Trinajstić information content (AvgIpc) is 3.50. The first-order valence-corrected chi connectivity index (χ1v) is 16.1. The smallest absolute Gasteiger partial charge is 0.251 e. The van der Waals surface area contributed by atoms with Crippen LogP contribution in [0.25, 0.3) is 0 Å². The number of aryl methyl sites for hydroxylation is 1. The number of hydrogen-bond donors (Lipinski definition) is 5. The topological polar surface area (TPSA) is 177 Å². The van der Waals surface area contributed by atoms with Gasteiger partial charge in [0.25, 0.3) is 5.91 Å². The van der Waals surface area contributed by atoms with Crippen LogP contribution in [-0.4, -0.2) is 86.6 Å². The van der Waals surface area contributed by atoms with Gasteiger partial charge in [0.2, 0.25) is 17.7 Å². The molecule has 0 radical (unpaired) electrons. The molecule has 2 aliphatic rings. The zero-order valence-electron chi connectivity index (χ0n) is 25.3. The number of hydrogen-bond acceptors (Lipinski definition) is 9. The van der Waals surface area contributed by atoms with Crippen LogP contribution in [0.4, 0.5) is 0 Å². The van der Waals surface area contributed by atoms with E-state index >= 15 is 0 Å². The maximum Gasteiger partial charge on any atom is 0.251 e. The van der Waals surface area contributed by atoms with Crippen molar-refractivity contribution in [1.82, 2.24) is 36.3 Å². The van der Waals surface area contributed by atoms with Crippen LogP contribution in [0.2, 0.25) is 0 Å². The summed E-state index contributed by atoms with van der Waals surface area (Å²) in [6, 6.07) is 12.3. The first kappa shape index (κ1) is 33.5. The lowest BCUT2D eigenvalue weighted by Crippen LogP contribution is -2.60. The summed E-state index contributed by atoms with van der Waals surface area (Å²) in [5.74, 6) is -1.18. The number of nitrogens with one attached hydrogen (secondary N) is 4. The molecule has 1 aromatic heterocycles. The van der Waals surface area contributed by atoms with Crippen LogP contribution >= 0.6 is 11.8 Å². The summed E-state index contributed by atoms with van der Waals surface area (Å²) in [4.78, 5) is 53.4. The molecule has 13 nitrogen and oxygen atoms in total. The van der Waals surface area contributed by atoms with Crippen molar-refractivity contribution in [3.05, 3.63) is 77.6 Å². The zero-order valence-corrected chi connectivity index (χ0v) is 26.1. The van der Waals surface area contributed by atoms with Crippen molar-refractivity contribution in [1.29, 1.82) is 0 Å². The Balaban J connectivity index is 1.60. The molecule has 4 atom stereocenters.